The zero-order valence-corrected chi connectivity index (χ0v) is 18.7. The topological polar surface area (TPSA) is 86.3 Å². The van der Waals surface area contributed by atoms with Gasteiger partial charge in [-0.05, 0) is 42.3 Å². The second-order valence-corrected chi connectivity index (χ2v) is 7.67. The number of aromatic amines is 1. The number of rotatable bonds is 7. The maximum absolute atomic E-state index is 12.9. The van der Waals surface area contributed by atoms with Gasteiger partial charge in [0.2, 0.25) is 0 Å². The Hall–Kier alpha value is -4.71. The van der Waals surface area contributed by atoms with Gasteiger partial charge < -0.3 is 10.3 Å². The number of para-hydroxylation sites is 1. The Morgan fingerprint density at radius 3 is 2.32 bits per heavy atom. The number of hydrogen-bond donors (Lipinski definition) is 3. The molecule has 0 fully saturated rings. The van der Waals surface area contributed by atoms with Crippen molar-refractivity contribution < 1.29 is 9.59 Å². The van der Waals surface area contributed by atoms with Crippen molar-refractivity contribution in [3.8, 4) is 0 Å². The van der Waals surface area contributed by atoms with E-state index in [9.17, 15) is 9.59 Å². The van der Waals surface area contributed by atoms with Crippen molar-refractivity contribution in [2.75, 3.05) is 0 Å². The number of amides is 2. The molecule has 168 valence electrons. The van der Waals surface area contributed by atoms with Gasteiger partial charge in [-0.15, -0.1) is 0 Å². The summed E-state index contributed by atoms with van der Waals surface area (Å²) in [5, 5.41) is 7.81. The van der Waals surface area contributed by atoms with Crippen LogP contribution in [0.15, 0.2) is 114 Å². The van der Waals surface area contributed by atoms with Gasteiger partial charge in [-0.3, -0.25) is 9.59 Å². The van der Waals surface area contributed by atoms with Crippen LogP contribution in [0.5, 0.6) is 0 Å². The van der Waals surface area contributed by atoms with Crippen molar-refractivity contribution in [2.45, 2.75) is 6.92 Å². The third-order valence-electron chi connectivity index (χ3n) is 5.09. The molecule has 1 aromatic heterocycles. The molecule has 0 saturated heterocycles. The van der Waals surface area contributed by atoms with Crippen LogP contribution in [0.25, 0.3) is 17.0 Å². The number of H-pyrrole nitrogens is 1. The van der Waals surface area contributed by atoms with Crippen molar-refractivity contribution in [3.63, 3.8) is 0 Å². The first-order valence-electron chi connectivity index (χ1n) is 10.8. The lowest BCUT2D eigenvalue weighted by molar-refractivity contribution is -0.117. The number of aromatic nitrogens is 1. The lowest BCUT2D eigenvalue weighted by atomic mass is 10.1. The Kier molecular flexibility index (Phi) is 7.10. The third-order valence-corrected chi connectivity index (χ3v) is 5.09. The van der Waals surface area contributed by atoms with Gasteiger partial charge in [-0.1, -0.05) is 72.8 Å². The molecule has 1 heterocycles. The summed E-state index contributed by atoms with van der Waals surface area (Å²) in [5.41, 5.74) is 6.67. The molecule has 0 saturated carbocycles. The lowest BCUT2D eigenvalue weighted by Crippen LogP contribution is -2.33. The molecule has 0 bridgehead atoms. The highest BCUT2D eigenvalue weighted by Crippen LogP contribution is 2.15. The highest BCUT2D eigenvalue weighted by atomic mass is 16.2. The van der Waals surface area contributed by atoms with Crippen LogP contribution in [0.1, 0.15) is 28.4 Å². The van der Waals surface area contributed by atoms with E-state index in [1.165, 1.54) is 0 Å². The summed E-state index contributed by atoms with van der Waals surface area (Å²) in [7, 11) is 0. The first-order valence-corrected chi connectivity index (χ1v) is 10.8. The number of hydrogen-bond acceptors (Lipinski definition) is 3. The Bertz CT molecular complexity index is 1380. The van der Waals surface area contributed by atoms with Gasteiger partial charge in [0.25, 0.3) is 11.8 Å². The number of benzene rings is 3. The fourth-order valence-electron chi connectivity index (χ4n) is 3.45. The number of allylic oxidation sites excluding steroid dienone is 2. The van der Waals surface area contributed by atoms with Crippen LogP contribution in [0.3, 0.4) is 0 Å². The van der Waals surface area contributed by atoms with E-state index in [0.29, 0.717) is 5.56 Å². The molecular weight excluding hydrogens is 424 g/mol. The molecule has 0 atom stereocenters. The van der Waals surface area contributed by atoms with Gasteiger partial charge in [-0.2, -0.15) is 5.10 Å². The fraction of sp³-hybridized carbons (Fsp3) is 0.0357. The molecule has 0 unspecified atom stereocenters. The van der Waals surface area contributed by atoms with E-state index in [1.54, 1.807) is 36.6 Å². The largest absolute Gasteiger partial charge is 0.361 e. The maximum atomic E-state index is 12.9. The summed E-state index contributed by atoms with van der Waals surface area (Å²) < 4.78 is 0. The van der Waals surface area contributed by atoms with Crippen LogP contribution in [0, 0.1) is 0 Å². The van der Waals surface area contributed by atoms with Crippen LogP contribution in [0.4, 0.5) is 0 Å². The van der Waals surface area contributed by atoms with E-state index in [2.05, 4.69) is 20.8 Å². The minimum absolute atomic E-state index is 0.0922. The molecule has 0 radical (unpaired) electrons. The van der Waals surface area contributed by atoms with Gasteiger partial charge in [0.05, 0.1) is 6.21 Å². The zero-order valence-electron chi connectivity index (χ0n) is 18.7. The molecule has 3 N–H and O–H groups in total. The van der Waals surface area contributed by atoms with Crippen molar-refractivity contribution in [1.82, 2.24) is 15.7 Å². The predicted molar refractivity (Wildman–Crippen MR) is 136 cm³/mol. The summed E-state index contributed by atoms with van der Waals surface area (Å²) in [6.07, 6.45) is 6.95. The molecular formula is C28H24N4O2. The minimum atomic E-state index is -0.527. The quantitative estimate of drug-likeness (QED) is 0.160. The molecule has 34 heavy (non-hydrogen) atoms. The van der Waals surface area contributed by atoms with Crippen LogP contribution in [-0.2, 0) is 4.79 Å². The predicted octanol–water partition coefficient (Wildman–Crippen LogP) is 5.04. The van der Waals surface area contributed by atoms with Crippen molar-refractivity contribution >= 4 is 35.0 Å². The van der Waals surface area contributed by atoms with Gasteiger partial charge >= 0.3 is 0 Å². The van der Waals surface area contributed by atoms with E-state index in [1.807, 2.05) is 79.9 Å². The normalized spacial score (nSPS) is 12.1. The number of nitrogens with zero attached hydrogens (tertiary/aromatic N) is 1. The maximum Gasteiger partial charge on any atom is 0.287 e. The second kappa shape index (κ2) is 10.7. The number of nitrogens with one attached hydrogen (secondary N) is 3. The Morgan fingerprint density at radius 1 is 0.882 bits per heavy atom. The Balaban J connectivity index is 1.55. The van der Waals surface area contributed by atoms with E-state index in [4.69, 9.17) is 0 Å². The molecule has 6 nitrogen and oxygen atoms in total. The molecule has 3 aromatic carbocycles. The zero-order chi connectivity index (χ0) is 23.8. The van der Waals surface area contributed by atoms with E-state index < -0.39 is 5.91 Å². The smallest absolute Gasteiger partial charge is 0.287 e. The second-order valence-electron chi connectivity index (χ2n) is 7.67. The average molecular weight is 449 g/mol. The molecule has 0 aliphatic carbocycles. The number of carbonyl (C=O) groups excluding carboxylic acids is 2. The van der Waals surface area contributed by atoms with Crippen molar-refractivity contribution in [3.05, 3.63) is 125 Å². The molecule has 0 aliphatic rings. The number of carbonyl (C=O) groups is 2. The summed E-state index contributed by atoms with van der Waals surface area (Å²) >= 11 is 0. The van der Waals surface area contributed by atoms with E-state index in [0.717, 1.165) is 27.6 Å². The Morgan fingerprint density at radius 2 is 1.56 bits per heavy atom. The van der Waals surface area contributed by atoms with Crippen LogP contribution in [-0.4, -0.2) is 23.0 Å². The minimum Gasteiger partial charge on any atom is -0.361 e. The Labute approximate surface area is 197 Å². The summed E-state index contributed by atoms with van der Waals surface area (Å²) in [6.45, 7) is 1.87. The highest BCUT2D eigenvalue weighted by Gasteiger charge is 2.14. The molecule has 4 rings (SSSR count). The van der Waals surface area contributed by atoms with Gasteiger partial charge in [0, 0.05) is 28.2 Å². The number of hydrazone groups is 1. The van der Waals surface area contributed by atoms with Crippen LogP contribution in [0.2, 0.25) is 0 Å². The van der Waals surface area contributed by atoms with E-state index >= 15 is 0 Å². The van der Waals surface area contributed by atoms with Gasteiger partial charge in [0.1, 0.15) is 5.70 Å². The van der Waals surface area contributed by atoms with Gasteiger partial charge in [-0.25, -0.2) is 5.43 Å². The van der Waals surface area contributed by atoms with E-state index in [-0.39, 0.29) is 11.6 Å². The molecule has 0 aliphatic heterocycles. The van der Waals surface area contributed by atoms with Crippen molar-refractivity contribution in [1.29, 1.82) is 0 Å². The lowest BCUT2D eigenvalue weighted by Gasteiger charge is -2.09. The molecule has 4 aromatic rings. The molecule has 2 amide bonds. The fourth-order valence-corrected chi connectivity index (χ4v) is 3.45. The highest BCUT2D eigenvalue weighted by molar-refractivity contribution is 6.04. The standard InChI is InChI=1S/C28H24N4O2/c1-20(16-21-10-4-2-5-11-21)17-26(31-27(33)22-12-6-3-7-13-22)28(34)32-30-19-23-18-29-25-15-9-8-14-24(23)25/h2-19,29H,1H3,(H,31,33)(H,32,34)/b20-16+,26-17-,30-19-. The summed E-state index contributed by atoms with van der Waals surface area (Å²) in [6, 6.07) is 26.3. The summed E-state index contributed by atoms with van der Waals surface area (Å²) in [4.78, 5) is 28.8. The average Bonchev–Trinajstić information content (AvgIpc) is 3.27. The van der Waals surface area contributed by atoms with Crippen molar-refractivity contribution in [2.24, 2.45) is 5.10 Å². The SMILES string of the molecule is CC(/C=C(\NC(=O)c1ccccc1)C(=O)N/N=C\c1c[nH]c2ccccc12)=C\c1ccccc1. The third kappa shape index (κ3) is 5.75. The molecule has 0 spiro atoms. The van der Waals surface area contributed by atoms with Crippen LogP contribution < -0.4 is 10.7 Å². The monoisotopic (exact) mass is 448 g/mol. The summed E-state index contributed by atoms with van der Waals surface area (Å²) in [5.74, 6) is -0.906. The first kappa shape index (κ1) is 22.5. The van der Waals surface area contributed by atoms with Crippen LogP contribution >= 0.6 is 0 Å². The number of fused-ring (bicyclic) bond motifs is 1. The first-order chi connectivity index (χ1) is 16.6. The van der Waals surface area contributed by atoms with Gasteiger partial charge in [0.15, 0.2) is 0 Å². The molecule has 6 heteroatoms.